The Morgan fingerprint density at radius 1 is 1.25 bits per heavy atom. The highest BCUT2D eigenvalue weighted by molar-refractivity contribution is 5.92. The highest BCUT2D eigenvalue weighted by Crippen LogP contribution is 2.23. The Bertz CT molecular complexity index is 676. The largest absolute Gasteiger partial charge is 0.345 e. The second-order valence-electron chi connectivity index (χ2n) is 6.00. The van der Waals surface area contributed by atoms with E-state index in [0.717, 1.165) is 31.5 Å². The van der Waals surface area contributed by atoms with Crippen molar-refractivity contribution in [3.05, 3.63) is 48.0 Å². The van der Waals surface area contributed by atoms with Crippen LogP contribution in [-0.2, 0) is 6.54 Å². The molecule has 0 saturated carbocycles. The third kappa shape index (κ3) is 3.88. The summed E-state index contributed by atoms with van der Waals surface area (Å²) >= 11 is 0. The smallest absolute Gasteiger partial charge is 0.270 e. The Morgan fingerprint density at radius 3 is 2.96 bits per heavy atom. The van der Waals surface area contributed by atoms with E-state index in [1.54, 1.807) is 18.5 Å². The summed E-state index contributed by atoms with van der Waals surface area (Å²) in [5, 5.41) is 2.86. The minimum absolute atomic E-state index is 0.200. The van der Waals surface area contributed by atoms with E-state index in [9.17, 15) is 4.79 Å². The lowest BCUT2D eigenvalue weighted by Crippen LogP contribution is -2.40. The highest BCUT2D eigenvalue weighted by Gasteiger charge is 2.23. The first-order valence-corrected chi connectivity index (χ1v) is 8.55. The Hall–Kier alpha value is -2.50. The van der Waals surface area contributed by atoms with Crippen molar-refractivity contribution in [2.75, 3.05) is 11.4 Å². The lowest BCUT2D eigenvalue weighted by Gasteiger charge is -2.35. The molecule has 0 aromatic carbocycles. The van der Waals surface area contributed by atoms with Gasteiger partial charge < -0.3 is 10.2 Å². The Morgan fingerprint density at radius 2 is 2.17 bits per heavy atom. The van der Waals surface area contributed by atoms with E-state index in [0.29, 0.717) is 24.2 Å². The number of hydrogen-bond donors (Lipinski definition) is 1. The van der Waals surface area contributed by atoms with Crippen LogP contribution in [0.4, 0.5) is 5.95 Å². The molecule has 0 radical (unpaired) electrons. The zero-order chi connectivity index (χ0) is 16.8. The van der Waals surface area contributed by atoms with E-state index in [4.69, 9.17) is 0 Å². The summed E-state index contributed by atoms with van der Waals surface area (Å²) in [5.41, 5.74) is 1.22. The van der Waals surface area contributed by atoms with Gasteiger partial charge in [0.25, 0.3) is 5.91 Å². The predicted octanol–water partition coefficient (Wildman–Crippen LogP) is 2.57. The number of hydrogen-bond acceptors (Lipinski definition) is 5. The molecule has 2 aromatic rings. The molecule has 6 nitrogen and oxygen atoms in total. The molecule has 3 rings (SSSR count). The van der Waals surface area contributed by atoms with Crippen LogP contribution >= 0.6 is 0 Å². The molecule has 1 saturated heterocycles. The molecule has 6 heteroatoms. The fourth-order valence-corrected chi connectivity index (χ4v) is 3.07. The van der Waals surface area contributed by atoms with Crippen LogP contribution in [0.5, 0.6) is 0 Å². The van der Waals surface area contributed by atoms with Crippen LogP contribution in [-0.4, -0.2) is 33.4 Å². The van der Waals surface area contributed by atoms with Crippen molar-refractivity contribution in [2.24, 2.45) is 0 Å². The SMILES string of the molecule is CCC1CCCCN1c1nccc(C(=O)NCc2ccccn2)n1. The second-order valence-corrected chi connectivity index (χ2v) is 6.00. The van der Waals surface area contributed by atoms with Crippen LogP contribution < -0.4 is 10.2 Å². The van der Waals surface area contributed by atoms with E-state index in [2.05, 4.69) is 32.1 Å². The van der Waals surface area contributed by atoms with Gasteiger partial charge in [-0.1, -0.05) is 13.0 Å². The van der Waals surface area contributed by atoms with Gasteiger partial charge in [-0.3, -0.25) is 9.78 Å². The van der Waals surface area contributed by atoms with Gasteiger partial charge in [0.2, 0.25) is 5.95 Å². The van der Waals surface area contributed by atoms with Gasteiger partial charge in [0.1, 0.15) is 5.69 Å². The number of carbonyl (C=O) groups excluding carboxylic acids is 1. The van der Waals surface area contributed by atoms with E-state index in [1.165, 1.54) is 6.42 Å². The van der Waals surface area contributed by atoms with E-state index in [1.807, 2.05) is 18.2 Å². The minimum Gasteiger partial charge on any atom is -0.345 e. The summed E-state index contributed by atoms with van der Waals surface area (Å²) in [6.45, 7) is 3.53. The monoisotopic (exact) mass is 325 g/mol. The molecule has 1 aliphatic heterocycles. The summed E-state index contributed by atoms with van der Waals surface area (Å²) in [6, 6.07) is 7.75. The van der Waals surface area contributed by atoms with Gasteiger partial charge >= 0.3 is 0 Å². The van der Waals surface area contributed by atoms with Crippen molar-refractivity contribution in [3.63, 3.8) is 0 Å². The first kappa shape index (κ1) is 16.4. The number of amides is 1. The normalized spacial score (nSPS) is 17.5. The molecule has 0 spiro atoms. The van der Waals surface area contributed by atoms with Gasteiger partial charge in [0, 0.05) is 25.0 Å². The summed E-state index contributed by atoms with van der Waals surface area (Å²) < 4.78 is 0. The topological polar surface area (TPSA) is 71.0 Å². The summed E-state index contributed by atoms with van der Waals surface area (Å²) in [5.74, 6) is 0.460. The Kier molecular flexibility index (Phi) is 5.36. The lowest BCUT2D eigenvalue weighted by molar-refractivity contribution is 0.0945. The number of anilines is 1. The van der Waals surface area contributed by atoms with Gasteiger partial charge in [-0.15, -0.1) is 0 Å². The molecule has 24 heavy (non-hydrogen) atoms. The molecule has 1 amide bonds. The predicted molar refractivity (Wildman–Crippen MR) is 92.7 cm³/mol. The van der Waals surface area contributed by atoms with Gasteiger partial charge in [-0.25, -0.2) is 9.97 Å². The molecule has 1 atom stereocenters. The van der Waals surface area contributed by atoms with Crippen LogP contribution in [0.1, 0.15) is 48.8 Å². The maximum atomic E-state index is 12.4. The molecule has 2 aromatic heterocycles. The quantitative estimate of drug-likeness (QED) is 0.915. The van der Waals surface area contributed by atoms with Crippen LogP contribution in [0.2, 0.25) is 0 Å². The number of nitrogens with zero attached hydrogens (tertiary/aromatic N) is 4. The van der Waals surface area contributed by atoms with Crippen molar-refractivity contribution >= 4 is 11.9 Å². The molecule has 0 bridgehead atoms. The molecule has 3 heterocycles. The molecular weight excluding hydrogens is 302 g/mol. The van der Waals surface area contributed by atoms with E-state index < -0.39 is 0 Å². The van der Waals surface area contributed by atoms with Gasteiger partial charge in [0.05, 0.1) is 12.2 Å². The standard InChI is InChI=1S/C18H23N5O/c1-2-15-8-4-6-12-23(15)18-20-11-9-16(22-18)17(24)21-13-14-7-3-5-10-19-14/h3,5,7,9-11,15H,2,4,6,8,12-13H2,1H3,(H,21,24). The zero-order valence-corrected chi connectivity index (χ0v) is 14.0. The zero-order valence-electron chi connectivity index (χ0n) is 14.0. The lowest BCUT2D eigenvalue weighted by atomic mass is 10.0. The third-order valence-corrected chi connectivity index (χ3v) is 4.39. The van der Waals surface area contributed by atoms with Crippen molar-refractivity contribution in [1.82, 2.24) is 20.3 Å². The highest BCUT2D eigenvalue weighted by atomic mass is 16.1. The van der Waals surface area contributed by atoms with Crippen molar-refractivity contribution in [2.45, 2.75) is 45.2 Å². The molecule has 1 fully saturated rings. The van der Waals surface area contributed by atoms with Gasteiger partial charge in [0.15, 0.2) is 0 Å². The fourth-order valence-electron chi connectivity index (χ4n) is 3.07. The van der Waals surface area contributed by atoms with Gasteiger partial charge in [-0.2, -0.15) is 0 Å². The molecule has 1 unspecified atom stereocenters. The summed E-state index contributed by atoms with van der Waals surface area (Å²) in [7, 11) is 0. The number of carbonyl (C=O) groups is 1. The summed E-state index contributed by atoms with van der Waals surface area (Å²) in [6.07, 6.45) is 8.01. The van der Waals surface area contributed by atoms with E-state index >= 15 is 0 Å². The average molecular weight is 325 g/mol. The number of rotatable bonds is 5. The Labute approximate surface area is 142 Å². The molecular formula is C18H23N5O. The first-order valence-electron chi connectivity index (χ1n) is 8.55. The number of piperidine rings is 1. The van der Waals surface area contributed by atoms with Gasteiger partial charge in [-0.05, 0) is 43.9 Å². The molecule has 1 aliphatic rings. The first-order chi connectivity index (χ1) is 11.8. The van der Waals surface area contributed by atoms with E-state index in [-0.39, 0.29) is 5.91 Å². The van der Waals surface area contributed by atoms with Crippen LogP contribution in [0, 0.1) is 0 Å². The number of pyridine rings is 1. The average Bonchev–Trinajstić information content (AvgIpc) is 2.67. The van der Waals surface area contributed by atoms with Crippen LogP contribution in [0.25, 0.3) is 0 Å². The third-order valence-electron chi connectivity index (χ3n) is 4.39. The second kappa shape index (κ2) is 7.86. The summed E-state index contributed by atoms with van der Waals surface area (Å²) in [4.78, 5) is 27.7. The van der Waals surface area contributed by atoms with Crippen LogP contribution in [0.3, 0.4) is 0 Å². The molecule has 1 N–H and O–H groups in total. The maximum Gasteiger partial charge on any atom is 0.270 e. The van der Waals surface area contributed by atoms with Crippen LogP contribution in [0.15, 0.2) is 36.7 Å². The molecule has 126 valence electrons. The fraction of sp³-hybridized carbons (Fsp3) is 0.444. The van der Waals surface area contributed by atoms with Crippen molar-refractivity contribution in [3.8, 4) is 0 Å². The van der Waals surface area contributed by atoms with Crippen molar-refractivity contribution in [1.29, 1.82) is 0 Å². The number of nitrogens with one attached hydrogen (secondary N) is 1. The van der Waals surface area contributed by atoms with Crippen molar-refractivity contribution < 1.29 is 4.79 Å². The maximum absolute atomic E-state index is 12.4. The minimum atomic E-state index is -0.200. The Balaban J connectivity index is 1.69. The molecule has 0 aliphatic carbocycles. The number of aromatic nitrogens is 3.